The van der Waals surface area contributed by atoms with Crippen LogP contribution in [0.5, 0.6) is 11.5 Å². The van der Waals surface area contributed by atoms with Gasteiger partial charge in [0.05, 0.1) is 12.2 Å². The maximum atomic E-state index is 12.2. The number of nitrogens with one attached hydrogen (secondary N) is 1. The molecule has 1 N–H and O–H groups in total. The summed E-state index contributed by atoms with van der Waals surface area (Å²) in [7, 11) is 1.90. The lowest BCUT2D eigenvalue weighted by atomic mass is 10.2. The van der Waals surface area contributed by atoms with Gasteiger partial charge in [0.1, 0.15) is 12.7 Å². The Morgan fingerprint density at radius 3 is 2.71 bits per heavy atom. The summed E-state index contributed by atoms with van der Waals surface area (Å²) in [5.41, 5.74) is 0.836. The van der Waals surface area contributed by atoms with Crippen molar-refractivity contribution in [3.05, 3.63) is 52.1 Å². The number of amides is 1. The van der Waals surface area contributed by atoms with E-state index in [0.29, 0.717) is 19.7 Å². The Bertz CT molecular complexity index is 723. The number of hydrogen-bond donors (Lipinski definition) is 1. The minimum Gasteiger partial charge on any atom is -0.486 e. The van der Waals surface area contributed by atoms with Crippen LogP contribution in [0.25, 0.3) is 0 Å². The van der Waals surface area contributed by atoms with Crippen LogP contribution in [-0.4, -0.2) is 43.7 Å². The number of likely N-dealkylation sites (N-methyl/N-ethyl adjacent to an activating group) is 1. The monoisotopic (exact) mass is 438 g/mol. The van der Waals surface area contributed by atoms with E-state index in [2.05, 4.69) is 27.9 Å². The molecule has 2 aromatic rings. The van der Waals surface area contributed by atoms with Crippen LogP contribution in [0.2, 0.25) is 0 Å². The topological polar surface area (TPSA) is 50.8 Å². The van der Waals surface area contributed by atoms with Gasteiger partial charge in [-0.05, 0) is 53.9 Å². The highest BCUT2D eigenvalue weighted by Crippen LogP contribution is 2.30. The van der Waals surface area contributed by atoms with Crippen molar-refractivity contribution in [3.8, 4) is 11.5 Å². The number of rotatable bonds is 5. The third-order valence-electron chi connectivity index (χ3n) is 3.64. The molecule has 1 unspecified atom stereocenters. The molecule has 0 saturated carbocycles. The molecule has 126 valence electrons. The third-order valence-corrected chi connectivity index (χ3v) is 4.58. The number of hydrogen-bond acceptors (Lipinski definition) is 4. The SMILES string of the molecule is CN(CC(=O)Nc1ccccc1I)CC1COc2ccccc2O1. The molecule has 1 aliphatic rings. The van der Waals surface area contributed by atoms with Crippen LogP contribution < -0.4 is 14.8 Å². The fourth-order valence-electron chi connectivity index (χ4n) is 2.56. The van der Waals surface area contributed by atoms with E-state index in [1.807, 2.05) is 60.5 Å². The smallest absolute Gasteiger partial charge is 0.238 e. The highest BCUT2D eigenvalue weighted by molar-refractivity contribution is 14.1. The summed E-state index contributed by atoms with van der Waals surface area (Å²) in [5.74, 6) is 1.48. The van der Waals surface area contributed by atoms with Crippen molar-refractivity contribution in [1.82, 2.24) is 4.90 Å². The first kappa shape index (κ1) is 17.0. The van der Waals surface area contributed by atoms with Crippen LogP contribution in [0.3, 0.4) is 0 Å². The second-order valence-electron chi connectivity index (χ2n) is 5.72. The van der Waals surface area contributed by atoms with Gasteiger partial charge in [0.25, 0.3) is 0 Å². The first-order valence-corrected chi connectivity index (χ1v) is 8.81. The maximum absolute atomic E-state index is 12.2. The number of halogens is 1. The van der Waals surface area contributed by atoms with Gasteiger partial charge in [0.2, 0.25) is 5.91 Å². The van der Waals surface area contributed by atoms with Gasteiger partial charge in [-0.3, -0.25) is 9.69 Å². The number of carbonyl (C=O) groups is 1. The van der Waals surface area contributed by atoms with Crippen molar-refractivity contribution in [2.24, 2.45) is 0 Å². The first-order chi connectivity index (χ1) is 11.6. The molecule has 0 spiro atoms. The first-order valence-electron chi connectivity index (χ1n) is 7.73. The molecule has 1 aliphatic heterocycles. The van der Waals surface area contributed by atoms with Gasteiger partial charge in [-0.25, -0.2) is 0 Å². The van der Waals surface area contributed by atoms with E-state index in [0.717, 1.165) is 20.8 Å². The molecule has 2 aromatic carbocycles. The van der Waals surface area contributed by atoms with E-state index >= 15 is 0 Å². The normalized spacial score (nSPS) is 16.0. The minimum atomic E-state index is -0.0884. The summed E-state index contributed by atoms with van der Waals surface area (Å²) in [6.45, 7) is 1.40. The van der Waals surface area contributed by atoms with Gasteiger partial charge in [-0.15, -0.1) is 0 Å². The molecule has 0 radical (unpaired) electrons. The van der Waals surface area contributed by atoms with E-state index in [-0.39, 0.29) is 12.0 Å². The van der Waals surface area contributed by atoms with Crippen LogP contribution in [0.4, 0.5) is 5.69 Å². The summed E-state index contributed by atoms with van der Waals surface area (Å²) in [6, 6.07) is 15.3. The van der Waals surface area contributed by atoms with Gasteiger partial charge in [0.15, 0.2) is 11.5 Å². The molecule has 5 nitrogen and oxygen atoms in total. The zero-order chi connectivity index (χ0) is 16.9. The highest BCUT2D eigenvalue weighted by atomic mass is 127. The molecule has 0 aromatic heterocycles. The van der Waals surface area contributed by atoms with Crippen molar-refractivity contribution in [2.45, 2.75) is 6.10 Å². The minimum absolute atomic E-state index is 0.0428. The van der Waals surface area contributed by atoms with Crippen molar-refractivity contribution < 1.29 is 14.3 Å². The third kappa shape index (κ3) is 4.39. The largest absolute Gasteiger partial charge is 0.486 e. The summed E-state index contributed by atoms with van der Waals surface area (Å²) < 4.78 is 12.6. The summed E-state index contributed by atoms with van der Waals surface area (Å²) in [4.78, 5) is 14.1. The van der Waals surface area contributed by atoms with E-state index in [1.165, 1.54) is 0 Å². The Morgan fingerprint density at radius 1 is 1.21 bits per heavy atom. The molecule has 0 bridgehead atoms. The Kier molecular flexibility index (Phi) is 5.57. The number of para-hydroxylation sites is 3. The van der Waals surface area contributed by atoms with Gasteiger partial charge in [0, 0.05) is 10.1 Å². The second-order valence-corrected chi connectivity index (χ2v) is 6.88. The lowest BCUT2D eigenvalue weighted by Crippen LogP contribution is -2.42. The zero-order valence-electron chi connectivity index (χ0n) is 13.4. The van der Waals surface area contributed by atoms with Crippen molar-refractivity contribution in [3.63, 3.8) is 0 Å². The predicted molar refractivity (Wildman–Crippen MR) is 102 cm³/mol. The maximum Gasteiger partial charge on any atom is 0.238 e. The van der Waals surface area contributed by atoms with Gasteiger partial charge < -0.3 is 14.8 Å². The van der Waals surface area contributed by atoms with Crippen LogP contribution in [0.1, 0.15) is 0 Å². The molecule has 0 saturated heterocycles. The van der Waals surface area contributed by atoms with Crippen LogP contribution in [-0.2, 0) is 4.79 Å². The lowest BCUT2D eigenvalue weighted by Gasteiger charge is -2.29. The number of fused-ring (bicyclic) bond motifs is 1. The molecule has 1 amide bonds. The van der Waals surface area contributed by atoms with Crippen LogP contribution in [0.15, 0.2) is 48.5 Å². The summed E-state index contributed by atoms with van der Waals surface area (Å²) in [6.07, 6.45) is -0.0884. The summed E-state index contributed by atoms with van der Waals surface area (Å²) >= 11 is 2.21. The fourth-order valence-corrected chi connectivity index (χ4v) is 3.08. The molecular formula is C18H19IN2O3. The Hall–Kier alpha value is -1.80. The number of ether oxygens (including phenoxy) is 2. The van der Waals surface area contributed by atoms with E-state index in [1.54, 1.807) is 0 Å². The quantitative estimate of drug-likeness (QED) is 0.730. The number of benzene rings is 2. The zero-order valence-corrected chi connectivity index (χ0v) is 15.5. The molecule has 1 atom stereocenters. The van der Waals surface area contributed by atoms with Crippen LogP contribution >= 0.6 is 22.6 Å². The van der Waals surface area contributed by atoms with E-state index < -0.39 is 0 Å². The van der Waals surface area contributed by atoms with Gasteiger partial charge >= 0.3 is 0 Å². The van der Waals surface area contributed by atoms with Gasteiger partial charge in [-0.1, -0.05) is 24.3 Å². The molecule has 1 heterocycles. The predicted octanol–water partition coefficient (Wildman–Crippen LogP) is 3.00. The van der Waals surface area contributed by atoms with Gasteiger partial charge in [-0.2, -0.15) is 0 Å². The molecule has 3 rings (SSSR count). The lowest BCUT2D eigenvalue weighted by molar-refractivity contribution is -0.117. The van der Waals surface area contributed by atoms with Crippen molar-refractivity contribution in [2.75, 3.05) is 32.1 Å². The van der Waals surface area contributed by atoms with E-state index in [4.69, 9.17) is 9.47 Å². The molecule has 0 aliphatic carbocycles. The fraction of sp³-hybridized carbons (Fsp3) is 0.278. The number of anilines is 1. The molecule has 6 heteroatoms. The summed E-state index contributed by atoms with van der Waals surface area (Å²) in [5, 5.41) is 2.93. The molecule has 0 fully saturated rings. The average Bonchev–Trinajstić information content (AvgIpc) is 2.56. The Labute approximate surface area is 155 Å². The van der Waals surface area contributed by atoms with Crippen molar-refractivity contribution in [1.29, 1.82) is 0 Å². The number of carbonyl (C=O) groups excluding carboxylic acids is 1. The van der Waals surface area contributed by atoms with E-state index in [9.17, 15) is 4.79 Å². The molecular weight excluding hydrogens is 419 g/mol. The number of nitrogens with zero attached hydrogens (tertiary/aromatic N) is 1. The second kappa shape index (κ2) is 7.85. The standard InChI is InChI=1S/C18H19IN2O3/c1-21(11-18(22)20-15-7-3-2-6-14(15)19)10-13-12-23-16-8-4-5-9-17(16)24-13/h2-9,13H,10-12H2,1H3,(H,20,22). The molecule has 24 heavy (non-hydrogen) atoms. The Morgan fingerprint density at radius 2 is 1.92 bits per heavy atom. The van der Waals surface area contributed by atoms with Crippen molar-refractivity contribution >= 4 is 34.2 Å². The average molecular weight is 438 g/mol. The Balaban J connectivity index is 1.50. The highest BCUT2D eigenvalue weighted by Gasteiger charge is 2.22. The van der Waals surface area contributed by atoms with Crippen LogP contribution in [0, 0.1) is 3.57 Å².